The first-order valence-corrected chi connectivity index (χ1v) is 6.27. The van der Waals surface area contributed by atoms with Gasteiger partial charge in [-0.1, -0.05) is 20.8 Å². The van der Waals surface area contributed by atoms with E-state index < -0.39 is 11.5 Å². The van der Waals surface area contributed by atoms with Crippen LogP contribution in [0.15, 0.2) is 0 Å². The maximum Gasteiger partial charge on any atom is 0.324 e. The molecule has 0 saturated heterocycles. The lowest BCUT2D eigenvalue weighted by Crippen LogP contribution is -2.54. The Morgan fingerprint density at radius 1 is 1.25 bits per heavy atom. The highest BCUT2D eigenvalue weighted by Crippen LogP contribution is 2.26. The monoisotopic (exact) mass is 230 g/mol. The van der Waals surface area contributed by atoms with Crippen LogP contribution in [0.2, 0.25) is 0 Å². The smallest absolute Gasteiger partial charge is 0.324 e. The number of nitrogens with two attached hydrogens (primary N) is 1. The van der Waals surface area contributed by atoms with Crippen LogP contribution < -0.4 is 5.73 Å². The zero-order chi connectivity index (χ0) is 12.6. The van der Waals surface area contributed by atoms with Crippen LogP contribution >= 0.6 is 0 Å². The minimum absolute atomic E-state index is 0.637. The minimum Gasteiger partial charge on any atom is -0.480 e. The van der Waals surface area contributed by atoms with E-state index >= 15 is 0 Å². The van der Waals surface area contributed by atoms with Gasteiger partial charge in [-0.3, -0.25) is 9.69 Å². The van der Waals surface area contributed by atoms with Crippen molar-refractivity contribution >= 4 is 5.97 Å². The fourth-order valence-corrected chi connectivity index (χ4v) is 2.34. The van der Waals surface area contributed by atoms with Gasteiger partial charge in [0, 0.05) is 0 Å². The van der Waals surface area contributed by atoms with Gasteiger partial charge >= 0.3 is 5.97 Å². The molecule has 16 heavy (non-hydrogen) atoms. The zero-order valence-electron chi connectivity index (χ0n) is 10.8. The highest BCUT2D eigenvalue weighted by Gasteiger charge is 2.40. The summed E-state index contributed by atoms with van der Waals surface area (Å²) in [5, 5.41) is 9.48. The van der Waals surface area contributed by atoms with Crippen LogP contribution in [0.1, 0.15) is 46.5 Å². The van der Waals surface area contributed by atoms with Crippen molar-refractivity contribution in [2.75, 3.05) is 19.6 Å². The van der Waals surface area contributed by atoms with E-state index in [-0.39, 0.29) is 0 Å². The van der Waals surface area contributed by atoms with E-state index in [0.717, 1.165) is 25.9 Å². The van der Waals surface area contributed by atoms with Crippen molar-refractivity contribution in [3.8, 4) is 0 Å². The summed E-state index contributed by atoms with van der Waals surface area (Å²) in [6.07, 6.45) is 3.12. The molecule has 0 aliphatic heterocycles. The molecule has 0 heterocycles. The first-order chi connectivity index (χ1) is 7.58. The lowest BCUT2D eigenvalue weighted by molar-refractivity contribution is -0.152. The van der Waals surface area contributed by atoms with E-state index in [1.807, 2.05) is 25.7 Å². The number of hydrogen-bond acceptors (Lipinski definition) is 3. The molecule has 0 aliphatic carbocycles. The third-order valence-electron chi connectivity index (χ3n) is 3.40. The van der Waals surface area contributed by atoms with Gasteiger partial charge in [-0.05, 0) is 45.3 Å². The molecular formula is C12H26N2O2. The van der Waals surface area contributed by atoms with Crippen LogP contribution in [0.5, 0.6) is 0 Å². The normalized spacial score (nSPS) is 15.1. The van der Waals surface area contributed by atoms with Gasteiger partial charge in [0.05, 0.1) is 0 Å². The topological polar surface area (TPSA) is 66.6 Å². The largest absolute Gasteiger partial charge is 0.480 e. The van der Waals surface area contributed by atoms with Crippen molar-refractivity contribution in [2.24, 2.45) is 5.73 Å². The summed E-state index contributed by atoms with van der Waals surface area (Å²) in [6, 6.07) is 0. The fourth-order valence-electron chi connectivity index (χ4n) is 2.34. The van der Waals surface area contributed by atoms with Crippen LogP contribution in [0.3, 0.4) is 0 Å². The number of aliphatic carboxylic acids is 1. The van der Waals surface area contributed by atoms with E-state index in [4.69, 9.17) is 5.73 Å². The molecule has 0 bridgehead atoms. The molecule has 0 fully saturated rings. The number of rotatable bonds is 9. The van der Waals surface area contributed by atoms with E-state index in [9.17, 15) is 9.90 Å². The second-order valence-corrected chi connectivity index (χ2v) is 4.11. The van der Waals surface area contributed by atoms with Crippen LogP contribution in [-0.2, 0) is 4.79 Å². The zero-order valence-corrected chi connectivity index (χ0v) is 10.8. The number of carboxylic acid groups (broad SMARTS) is 1. The molecule has 0 aliphatic rings. The molecule has 0 unspecified atom stereocenters. The Morgan fingerprint density at radius 3 is 2.12 bits per heavy atom. The third kappa shape index (κ3) is 3.46. The Hall–Kier alpha value is -0.610. The minimum atomic E-state index is -0.698. The molecular weight excluding hydrogens is 204 g/mol. The van der Waals surface area contributed by atoms with Crippen molar-refractivity contribution in [1.29, 1.82) is 0 Å². The molecule has 4 nitrogen and oxygen atoms in total. The second-order valence-electron chi connectivity index (χ2n) is 4.11. The molecule has 0 aromatic rings. The summed E-state index contributed by atoms with van der Waals surface area (Å²) < 4.78 is 0. The molecule has 0 spiro atoms. The fraction of sp³-hybridized carbons (Fsp3) is 0.917. The van der Waals surface area contributed by atoms with Gasteiger partial charge < -0.3 is 10.8 Å². The maximum atomic E-state index is 11.5. The van der Waals surface area contributed by atoms with Crippen LogP contribution in [0.25, 0.3) is 0 Å². The van der Waals surface area contributed by atoms with Crippen molar-refractivity contribution < 1.29 is 9.90 Å². The molecule has 4 heteroatoms. The summed E-state index contributed by atoms with van der Waals surface area (Å²) >= 11 is 0. The van der Waals surface area contributed by atoms with Gasteiger partial charge in [-0.2, -0.15) is 0 Å². The van der Waals surface area contributed by atoms with Crippen molar-refractivity contribution in [2.45, 2.75) is 52.0 Å². The lowest BCUT2D eigenvalue weighted by atomic mass is 9.87. The molecule has 1 atom stereocenters. The van der Waals surface area contributed by atoms with Gasteiger partial charge in [0.2, 0.25) is 0 Å². The quantitative estimate of drug-likeness (QED) is 0.592. The summed E-state index contributed by atoms with van der Waals surface area (Å²) in [5.74, 6) is -0.698. The van der Waals surface area contributed by atoms with Gasteiger partial charge in [0.1, 0.15) is 5.54 Å². The summed E-state index contributed by atoms with van der Waals surface area (Å²) in [5.41, 5.74) is 4.76. The molecule has 0 aromatic carbocycles. The number of hydrogen-bond donors (Lipinski definition) is 2. The Labute approximate surface area is 98.8 Å². The van der Waals surface area contributed by atoms with Crippen molar-refractivity contribution in [1.82, 2.24) is 4.90 Å². The molecule has 0 rings (SSSR count). The molecule has 3 N–H and O–H groups in total. The van der Waals surface area contributed by atoms with E-state index in [2.05, 4.69) is 0 Å². The van der Waals surface area contributed by atoms with Gasteiger partial charge in [-0.15, -0.1) is 0 Å². The second kappa shape index (κ2) is 7.63. The molecule has 0 amide bonds. The van der Waals surface area contributed by atoms with Crippen LogP contribution in [0.4, 0.5) is 0 Å². The first kappa shape index (κ1) is 15.4. The van der Waals surface area contributed by atoms with Gasteiger partial charge in [-0.25, -0.2) is 0 Å². The Balaban J connectivity index is 4.76. The van der Waals surface area contributed by atoms with Crippen LogP contribution in [0, 0.1) is 0 Å². The number of carbonyl (C=O) groups is 1. The first-order valence-electron chi connectivity index (χ1n) is 6.27. The number of nitrogens with zero attached hydrogens (tertiary/aromatic N) is 1. The van der Waals surface area contributed by atoms with Gasteiger partial charge in [0.15, 0.2) is 0 Å². The number of likely N-dealkylation sites (N-methyl/N-ethyl adjacent to an activating group) is 1. The Bertz CT molecular complexity index is 205. The maximum absolute atomic E-state index is 11.5. The third-order valence-corrected chi connectivity index (χ3v) is 3.40. The standard InChI is InChI=1S/C12H26N2O2/c1-4-12(11(15)16,9-7-8-10-13)14(5-2)6-3/h4-10,13H2,1-3H3,(H,15,16)/t12-/m0/s1. The predicted octanol–water partition coefficient (Wildman–Crippen LogP) is 1.69. The SMILES string of the molecule is CCN(CC)[C@@](CC)(CCCCN)C(=O)O. The predicted molar refractivity (Wildman–Crippen MR) is 66.5 cm³/mol. The highest BCUT2D eigenvalue weighted by atomic mass is 16.4. The van der Waals surface area contributed by atoms with Crippen molar-refractivity contribution in [3.05, 3.63) is 0 Å². The van der Waals surface area contributed by atoms with E-state index in [0.29, 0.717) is 19.4 Å². The average Bonchev–Trinajstić information content (AvgIpc) is 2.28. The summed E-state index contributed by atoms with van der Waals surface area (Å²) in [4.78, 5) is 13.6. The summed E-state index contributed by atoms with van der Waals surface area (Å²) in [7, 11) is 0. The highest BCUT2D eigenvalue weighted by molar-refractivity contribution is 5.78. The number of carboxylic acids is 1. The molecule has 0 aromatic heterocycles. The number of unbranched alkanes of at least 4 members (excludes halogenated alkanes) is 1. The van der Waals surface area contributed by atoms with E-state index in [1.165, 1.54) is 0 Å². The van der Waals surface area contributed by atoms with E-state index in [1.54, 1.807) is 0 Å². The Morgan fingerprint density at radius 2 is 1.81 bits per heavy atom. The lowest BCUT2D eigenvalue weighted by Gasteiger charge is -2.39. The van der Waals surface area contributed by atoms with Crippen molar-refractivity contribution in [3.63, 3.8) is 0 Å². The average molecular weight is 230 g/mol. The Kier molecular flexibility index (Phi) is 7.34. The summed E-state index contributed by atoms with van der Waals surface area (Å²) in [6.45, 7) is 8.17. The molecule has 0 radical (unpaired) electrons. The molecule has 96 valence electrons. The van der Waals surface area contributed by atoms with Crippen LogP contribution in [-0.4, -0.2) is 41.1 Å². The van der Waals surface area contributed by atoms with Gasteiger partial charge in [0.25, 0.3) is 0 Å². The molecule has 0 saturated carbocycles.